The van der Waals surface area contributed by atoms with Gasteiger partial charge in [-0.05, 0) is 65.1 Å². The Morgan fingerprint density at radius 3 is 2.23 bits per heavy atom. The molecule has 0 spiro atoms. The van der Waals surface area contributed by atoms with Crippen LogP contribution in [0.15, 0.2) is 133 Å². The predicted octanol–water partition coefficient (Wildman–Crippen LogP) is 8.28. The van der Waals surface area contributed by atoms with Gasteiger partial charge in [0, 0.05) is 16.5 Å². The maximum atomic E-state index is 12.6. The van der Waals surface area contributed by atoms with E-state index in [0.717, 1.165) is 43.8 Å². The fourth-order valence-electron chi connectivity index (χ4n) is 5.54. The van der Waals surface area contributed by atoms with Crippen molar-refractivity contribution in [2.75, 3.05) is 6.54 Å². The van der Waals surface area contributed by atoms with Crippen molar-refractivity contribution >= 4 is 51.5 Å². The van der Waals surface area contributed by atoms with Crippen LogP contribution in [0.4, 0.5) is 0 Å². The van der Waals surface area contributed by atoms with E-state index in [2.05, 4.69) is 107 Å². The number of aliphatic carboxylic acids is 1. The Hall–Kier alpha value is -5.75. The molecule has 1 aliphatic heterocycles. The molecule has 44 heavy (non-hydrogen) atoms. The first kappa shape index (κ1) is 28.4. The summed E-state index contributed by atoms with van der Waals surface area (Å²) < 4.78 is 2.30. The van der Waals surface area contributed by atoms with E-state index in [1.807, 2.05) is 31.2 Å². The second-order valence-electron chi connectivity index (χ2n) is 10.5. The first-order chi connectivity index (χ1) is 21.5. The molecule has 0 bridgehead atoms. The highest BCUT2D eigenvalue weighted by Crippen LogP contribution is 2.33. The van der Waals surface area contributed by atoms with Gasteiger partial charge in [-0.15, -0.1) is 0 Å². The number of aromatic nitrogens is 1. The van der Waals surface area contributed by atoms with Crippen LogP contribution in [0.1, 0.15) is 24.5 Å². The van der Waals surface area contributed by atoms with Crippen molar-refractivity contribution in [2.24, 2.45) is 5.10 Å². The molecule has 6 heteroatoms. The second-order valence-corrected chi connectivity index (χ2v) is 10.5. The molecule has 1 aliphatic rings. The zero-order chi connectivity index (χ0) is 30.6. The molecular weight excluding hydrogens is 546 g/mol. The topological polar surface area (TPSA) is 74.9 Å². The summed E-state index contributed by atoms with van der Waals surface area (Å²) in [6.07, 6.45) is 11.7. The molecule has 5 aromatic rings. The van der Waals surface area contributed by atoms with Crippen molar-refractivity contribution in [3.05, 3.63) is 139 Å². The summed E-state index contributed by atoms with van der Waals surface area (Å²) >= 11 is 0. The van der Waals surface area contributed by atoms with Gasteiger partial charge in [0.15, 0.2) is 0 Å². The highest BCUT2D eigenvalue weighted by Gasteiger charge is 2.29. The zero-order valence-electron chi connectivity index (χ0n) is 24.4. The molecule has 0 aliphatic carbocycles. The number of benzene rings is 4. The molecule has 6 nitrogen and oxygen atoms in total. The summed E-state index contributed by atoms with van der Waals surface area (Å²) in [5.41, 5.74) is 8.86. The van der Waals surface area contributed by atoms with Gasteiger partial charge in [-0.25, -0.2) is 5.01 Å². The fourth-order valence-corrected chi connectivity index (χ4v) is 5.54. The van der Waals surface area contributed by atoms with Gasteiger partial charge < -0.3 is 9.67 Å². The van der Waals surface area contributed by atoms with Gasteiger partial charge in [0.1, 0.15) is 6.54 Å². The Kier molecular flexibility index (Phi) is 7.89. The number of hydrogen-bond acceptors (Lipinski definition) is 3. The molecule has 0 atom stereocenters. The Morgan fingerprint density at radius 2 is 1.52 bits per heavy atom. The molecule has 0 fully saturated rings. The van der Waals surface area contributed by atoms with E-state index in [1.54, 1.807) is 12.2 Å². The zero-order valence-corrected chi connectivity index (χ0v) is 24.4. The standard InChI is InChI=1S/C38H31N3O3/c1-3-26-14-17-28(18-15-26)29-19-21-30(22-20-29)41-35-13-9-8-11-31(35)33-24-27(16-23-36(33)41)10-6-5-7-12-32-34(4-2)39-40(38(32)44)25-37(42)43/h3,5-24H,1,4,25H2,2H3,(H,42,43)/b7-5+,10-6+,32-12+. The SMILES string of the molecule is C=Cc1ccc(-c2ccc(-n3c4ccccc4c4cc(/C=C/C=C/C=C5/C(=O)N(CC(=O)O)N=C5CC)ccc43)cc2)cc1. The average molecular weight is 578 g/mol. The van der Waals surface area contributed by atoms with Crippen molar-refractivity contribution in [1.82, 2.24) is 9.58 Å². The highest BCUT2D eigenvalue weighted by molar-refractivity contribution is 6.25. The summed E-state index contributed by atoms with van der Waals surface area (Å²) in [6.45, 7) is 5.28. The summed E-state index contributed by atoms with van der Waals surface area (Å²) in [4.78, 5) is 23.6. The molecule has 0 saturated carbocycles. The smallest absolute Gasteiger partial charge is 0.325 e. The molecule has 0 saturated heterocycles. The predicted molar refractivity (Wildman–Crippen MR) is 180 cm³/mol. The largest absolute Gasteiger partial charge is 0.480 e. The van der Waals surface area contributed by atoms with Crippen molar-refractivity contribution in [3.63, 3.8) is 0 Å². The minimum Gasteiger partial charge on any atom is -0.480 e. The third kappa shape index (κ3) is 5.53. The van der Waals surface area contributed by atoms with E-state index >= 15 is 0 Å². The lowest BCUT2D eigenvalue weighted by Gasteiger charge is -2.10. The number of carbonyl (C=O) groups is 2. The number of carboxylic acid groups (broad SMARTS) is 1. The molecule has 216 valence electrons. The molecular formula is C38H31N3O3. The van der Waals surface area contributed by atoms with Crippen LogP contribution in [0.3, 0.4) is 0 Å². The summed E-state index contributed by atoms with van der Waals surface area (Å²) in [6, 6.07) is 31.9. The lowest BCUT2D eigenvalue weighted by Crippen LogP contribution is -2.28. The molecule has 1 N–H and O–H groups in total. The van der Waals surface area contributed by atoms with Gasteiger partial charge in [0.25, 0.3) is 5.91 Å². The van der Waals surface area contributed by atoms with Crippen molar-refractivity contribution in [2.45, 2.75) is 13.3 Å². The van der Waals surface area contributed by atoms with E-state index in [0.29, 0.717) is 17.7 Å². The van der Waals surface area contributed by atoms with E-state index in [4.69, 9.17) is 5.11 Å². The van der Waals surface area contributed by atoms with Gasteiger partial charge >= 0.3 is 5.97 Å². The van der Waals surface area contributed by atoms with Gasteiger partial charge in [-0.3, -0.25) is 9.59 Å². The monoisotopic (exact) mass is 577 g/mol. The van der Waals surface area contributed by atoms with Crippen molar-refractivity contribution in [3.8, 4) is 16.8 Å². The Balaban J connectivity index is 1.26. The molecule has 0 radical (unpaired) electrons. The first-order valence-corrected chi connectivity index (χ1v) is 14.5. The molecule has 4 aromatic carbocycles. The normalized spacial score (nSPS) is 14.5. The van der Waals surface area contributed by atoms with Crippen molar-refractivity contribution < 1.29 is 14.7 Å². The Morgan fingerprint density at radius 1 is 0.841 bits per heavy atom. The third-order valence-electron chi connectivity index (χ3n) is 7.71. The van der Waals surface area contributed by atoms with E-state index < -0.39 is 18.4 Å². The number of nitrogens with zero attached hydrogens (tertiary/aromatic N) is 3. The van der Waals surface area contributed by atoms with Gasteiger partial charge in [0.2, 0.25) is 0 Å². The van der Waals surface area contributed by atoms with Crippen LogP contribution in [0.5, 0.6) is 0 Å². The minimum atomic E-state index is -1.10. The average Bonchev–Trinajstić information content (AvgIpc) is 3.54. The van der Waals surface area contributed by atoms with Crippen LogP contribution < -0.4 is 0 Å². The number of hydrazone groups is 1. The lowest BCUT2D eigenvalue weighted by molar-refractivity contribution is -0.142. The fraction of sp³-hybridized carbons (Fsp3) is 0.0789. The number of amides is 1. The van der Waals surface area contributed by atoms with Crippen LogP contribution in [0.2, 0.25) is 0 Å². The summed E-state index contributed by atoms with van der Waals surface area (Å²) in [5.74, 6) is -1.49. The highest BCUT2D eigenvalue weighted by atomic mass is 16.4. The minimum absolute atomic E-state index is 0.392. The van der Waals surface area contributed by atoms with E-state index in [-0.39, 0.29) is 0 Å². The van der Waals surface area contributed by atoms with Crippen molar-refractivity contribution in [1.29, 1.82) is 0 Å². The maximum absolute atomic E-state index is 12.6. The number of carbonyl (C=O) groups excluding carboxylic acids is 1. The van der Waals surface area contributed by atoms with Crippen LogP contribution in [0, 0.1) is 0 Å². The van der Waals surface area contributed by atoms with Gasteiger partial charge in [-0.2, -0.15) is 5.10 Å². The van der Waals surface area contributed by atoms with Gasteiger partial charge in [-0.1, -0.05) is 105 Å². The molecule has 1 aromatic heterocycles. The maximum Gasteiger partial charge on any atom is 0.325 e. The quantitative estimate of drug-likeness (QED) is 0.141. The summed E-state index contributed by atoms with van der Waals surface area (Å²) in [5, 5.41) is 16.5. The molecule has 0 unspecified atom stereocenters. The number of carboxylic acids is 1. The van der Waals surface area contributed by atoms with E-state index in [1.165, 1.54) is 10.9 Å². The van der Waals surface area contributed by atoms with Crippen LogP contribution in [-0.2, 0) is 9.59 Å². The Labute approximate surface area is 255 Å². The number of fused-ring (bicyclic) bond motifs is 3. The number of rotatable bonds is 9. The Bertz CT molecular complexity index is 2020. The van der Waals surface area contributed by atoms with Crippen LogP contribution in [0.25, 0.3) is 50.8 Å². The first-order valence-electron chi connectivity index (χ1n) is 14.5. The molecule has 6 rings (SSSR count). The number of allylic oxidation sites excluding steroid dienone is 4. The summed E-state index contributed by atoms with van der Waals surface area (Å²) in [7, 11) is 0. The third-order valence-corrected chi connectivity index (χ3v) is 7.71. The lowest BCUT2D eigenvalue weighted by atomic mass is 10.0. The van der Waals surface area contributed by atoms with Crippen LogP contribution >= 0.6 is 0 Å². The number of hydrogen-bond donors (Lipinski definition) is 1. The number of para-hydroxylation sites is 1. The molecule has 1 amide bonds. The van der Waals surface area contributed by atoms with Gasteiger partial charge in [0.05, 0.1) is 22.3 Å². The second kappa shape index (κ2) is 12.2. The molecule has 2 heterocycles. The van der Waals surface area contributed by atoms with Crippen LogP contribution in [-0.4, -0.2) is 38.8 Å². The van der Waals surface area contributed by atoms with E-state index in [9.17, 15) is 9.59 Å².